The fraction of sp³-hybridized carbons (Fsp3) is 0.667. The maximum Gasteiger partial charge on any atom is 0.0948 e. The van der Waals surface area contributed by atoms with E-state index in [4.69, 9.17) is 0 Å². The molecule has 0 amide bonds. The van der Waals surface area contributed by atoms with Crippen molar-refractivity contribution in [3.05, 3.63) is 35.9 Å². The van der Waals surface area contributed by atoms with Gasteiger partial charge in [0.05, 0.1) is 5.60 Å². The Morgan fingerprint density at radius 3 is 2.50 bits per heavy atom. The monoisotopic (exact) mass is 275 g/mol. The lowest BCUT2D eigenvalue weighted by Gasteiger charge is -2.47. The molecule has 1 saturated heterocycles. The van der Waals surface area contributed by atoms with Crippen LogP contribution in [0.25, 0.3) is 0 Å². The molecule has 1 aliphatic rings. The molecule has 112 valence electrons. The van der Waals surface area contributed by atoms with Gasteiger partial charge in [-0.25, -0.2) is 0 Å². The molecule has 0 radical (unpaired) electrons. The Labute approximate surface area is 123 Å². The zero-order valence-corrected chi connectivity index (χ0v) is 13.3. The molecule has 0 aliphatic carbocycles. The lowest BCUT2D eigenvalue weighted by Crippen LogP contribution is -2.53. The number of piperidine rings is 1. The van der Waals surface area contributed by atoms with Gasteiger partial charge in [0, 0.05) is 18.5 Å². The van der Waals surface area contributed by atoms with E-state index in [-0.39, 0.29) is 5.92 Å². The first-order valence-electron chi connectivity index (χ1n) is 7.95. The van der Waals surface area contributed by atoms with Gasteiger partial charge < -0.3 is 10.0 Å². The third kappa shape index (κ3) is 3.24. The molecule has 1 heterocycles. The Morgan fingerprint density at radius 2 is 1.90 bits per heavy atom. The maximum absolute atomic E-state index is 11.2. The van der Waals surface area contributed by atoms with Crippen LogP contribution in [0.5, 0.6) is 0 Å². The summed E-state index contributed by atoms with van der Waals surface area (Å²) in [6.45, 7) is 11.1. The third-order valence-corrected chi connectivity index (χ3v) is 4.82. The predicted octanol–water partition coefficient (Wildman–Crippen LogP) is 3.65. The molecule has 2 nitrogen and oxygen atoms in total. The molecule has 0 saturated carbocycles. The lowest BCUT2D eigenvalue weighted by atomic mass is 9.74. The molecule has 1 fully saturated rings. The second-order valence-corrected chi connectivity index (χ2v) is 6.92. The van der Waals surface area contributed by atoms with E-state index in [0.29, 0.717) is 6.04 Å². The van der Waals surface area contributed by atoms with Crippen molar-refractivity contribution in [1.82, 2.24) is 4.90 Å². The Hall–Kier alpha value is -0.860. The van der Waals surface area contributed by atoms with Gasteiger partial charge in [-0.2, -0.15) is 0 Å². The lowest BCUT2D eigenvalue weighted by molar-refractivity contribution is -0.0911. The SMILES string of the molecule is CC(C)CCN1C[C@H](C)[C@](O)(c2ccccc2)C[C@@H]1C. The molecule has 0 unspecified atom stereocenters. The molecule has 3 atom stereocenters. The minimum absolute atomic E-state index is 0.272. The Morgan fingerprint density at radius 1 is 1.25 bits per heavy atom. The van der Waals surface area contributed by atoms with Crippen molar-refractivity contribution in [2.45, 2.75) is 52.2 Å². The summed E-state index contributed by atoms with van der Waals surface area (Å²) in [7, 11) is 0. The number of likely N-dealkylation sites (tertiary alicyclic amines) is 1. The van der Waals surface area contributed by atoms with Gasteiger partial charge in [-0.3, -0.25) is 0 Å². The molecule has 0 spiro atoms. The molecule has 20 heavy (non-hydrogen) atoms. The van der Waals surface area contributed by atoms with E-state index in [1.54, 1.807) is 0 Å². The number of benzene rings is 1. The molecule has 0 aromatic heterocycles. The van der Waals surface area contributed by atoms with E-state index < -0.39 is 5.60 Å². The van der Waals surface area contributed by atoms with E-state index >= 15 is 0 Å². The number of nitrogens with zero attached hydrogens (tertiary/aromatic N) is 1. The van der Waals surface area contributed by atoms with Crippen molar-refractivity contribution in [3.8, 4) is 0 Å². The van der Waals surface area contributed by atoms with Crippen molar-refractivity contribution in [2.75, 3.05) is 13.1 Å². The van der Waals surface area contributed by atoms with E-state index in [9.17, 15) is 5.11 Å². The van der Waals surface area contributed by atoms with Crippen molar-refractivity contribution in [2.24, 2.45) is 11.8 Å². The highest BCUT2D eigenvalue weighted by molar-refractivity contribution is 5.24. The summed E-state index contributed by atoms with van der Waals surface area (Å²) < 4.78 is 0. The van der Waals surface area contributed by atoms with Gasteiger partial charge in [0.2, 0.25) is 0 Å². The molecule has 1 aromatic carbocycles. The van der Waals surface area contributed by atoms with Gasteiger partial charge in [0.25, 0.3) is 0 Å². The first kappa shape index (κ1) is 15.5. The molecular formula is C18H29NO. The van der Waals surface area contributed by atoms with Crippen LogP contribution >= 0.6 is 0 Å². The Balaban J connectivity index is 2.09. The van der Waals surface area contributed by atoms with Crippen LogP contribution in [0.3, 0.4) is 0 Å². The molecule has 0 bridgehead atoms. The summed E-state index contributed by atoms with van der Waals surface area (Å²) in [5, 5.41) is 11.2. The molecule has 2 rings (SSSR count). The Bertz CT molecular complexity index is 417. The molecule has 2 heteroatoms. The van der Waals surface area contributed by atoms with Crippen LogP contribution in [0.4, 0.5) is 0 Å². The summed E-state index contributed by atoms with van der Waals surface area (Å²) in [5.41, 5.74) is 0.400. The highest BCUT2D eigenvalue weighted by Gasteiger charge is 2.42. The summed E-state index contributed by atoms with van der Waals surface area (Å²) in [6.07, 6.45) is 2.07. The second kappa shape index (κ2) is 6.28. The highest BCUT2D eigenvalue weighted by Crippen LogP contribution is 2.39. The van der Waals surface area contributed by atoms with Crippen LogP contribution in [-0.4, -0.2) is 29.1 Å². The number of hydrogen-bond acceptors (Lipinski definition) is 2. The van der Waals surface area contributed by atoms with Crippen LogP contribution in [0.1, 0.15) is 46.1 Å². The van der Waals surface area contributed by atoms with Gasteiger partial charge in [0.1, 0.15) is 0 Å². The number of rotatable bonds is 4. The smallest absolute Gasteiger partial charge is 0.0948 e. The predicted molar refractivity (Wildman–Crippen MR) is 84.6 cm³/mol. The van der Waals surface area contributed by atoms with E-state index in [1.807, 2.05) is 18.2 Å². The zero-order chi connectivity index (χ0) is 14.8. The van der Waals surface area contributed by atoms with Crippen molar-refractivity contribution in [1.29, 1.82) is 0 Å². The van der Waals surface area contributed by atoms with Gasteiger partial charge >= 0.3 is 0 Å². The Kier molecular flexibility index (Phi) is 4.87. The quantitative estimate of drug-likeness (QED) is 0.906. The fourth-order valence-corrected chi connectivity index (χ4v) is 3.33. The third-order valence-electron chi connectivity index (χ3n) is 4.82. The molecule has 1 N–H and O–H groups in total. The molecular weight excluding hydrogens is 246 g/mol. The van der Waals surface area contributed by atoms with Crippen molar-refractivity contribution in [3.63, 3.8) is 0 Å². The summed E-state index contributed by atoms with van der Waals surface area (Å²) in [6, 6.07) is 10.6. The summed E-state index contributed by atoms with van der Waals surface area (Å²) >= 11 is 0. The first-order valence-corrected chi connectivity index (χ1v) is 7.95. The van der Waals surface area contributed by atoms with Gasteiger partial charge in [0.15, 0.2) is 0 Å². The number of aliphatic hydroxyl groups is 1. The standard InChI is InChI=1S/C18H29NO/c1-14(2)10-11-19-13-15(3)18(20,12-16(19)4)17-8-6-5-7-9-17/h5-9,14-16,20H,10-13H2,1-4H3/t15-,16-,18-/m0/s1. The number of hydrogen-bond donors (Lipinski definition) is 1. The largest absolute Gasteiger partial charge is 0.385 e. The van der Waals surface area contributed by atoms with Gasteiger partial charge in [-0.05, 0) is 37.8 Å². The normalized spacial score (nSPS) is 31.7. The van der Waals surface area contributed by atoms with E-state index in [1.165, 1.54) is 6.42 Å². The van der Waals surface area contributed by atoms with Crippen molar-refractivity contribution < 1.29 is 5.11 Å². The second-order valence-electron chi connectivity index (χ2n) is 6.92. The maximum atomic E-state index is 11.2. The average molecular weight is 275 g/mol. The van der Waals surface area contributed by atoms with Crippen LogP contribution in [0.2, 0.25) is 0 Å². The van der Waals surface area contributed by atoms with Gasteiger partial charge in [-0.15, -0.1) is 0 Å². The van der Waals surface area contributed by atoms with Crippen LogP contribution in [-0.2, 0) is 5.60 Å². The average Bonchev–Trinajstić information content (AvgIpc) is 2.42. The van der Waals surface area contributed by atoms with Crippen LogP contribution < -0.4 is 0 Å². The minimum Gasteiger partial charge on any atom is -0.385 e. The topological polar surface area (TPSA) is 23.5 Å². The first-order chi connectivity index (χ1) is 9.43. The molecule has 1 aliphatic heterocycles. The van der Waals surface area contributed by atoms with E-state index in [2.05, 4.69) is 44.7 Å². The van der Waals surface area contributed by atoms with E-state index in [0.717, 1.165) is 31.0 Å². The van der Waals surface area contributed by atoms with Crippen LogP contribution in [0.15, 0.2) is 30.3 Å². The summed E-state index contributed by atoms with van der Waals surface area (Å²) in [5.74, 6) is 1.01. The fourth-order valence-electron chi connectivity index (χ4n) is 3.33. The summed E-state index contributed by atoms with van der Waals surface area (Å²) in [4.78, 5) is 2.54. The van der Waals surface area contributed by atoms with Crippen LogP contribution in [0, 0.1) is 11.8 Å². The van der Waals surface area contributed by atoms with Crippen molar-refractivity contribution >= 4 is 0 Å². The minimum atomic E-state index is -0.672. The molecule has 1 aromatic rings. The van der Waals surface area contributed by atoms with Gasteiger partial charge in [-0.1, -0.05) is 51.1 Å². The highest BCUT2D eigenvalue weighted by atomic mass is 16.3. The zero-order valence-electron chi connectivity index (χ0n) is 13.3.